The number of anilines is 2. The summed E-state index contributed by atoms with van der Waals surface area (Å²) in [7, 11) is 0. The summed E-state index contributed by atoms with van der Waals surface area (Å²) in [6.45, 7) is 8.01. The fourth-order valence-corrected chi connectivity index (χ4v) is 4.29. The zero-order valence-corrected chi connectivity index (χ0v) is 19.7. The Morgan fingerprint density at radius 2 is 1.88 bits per heavy atom. The first-order valence-electron chi connectivity index (χ1n) is 10.3. The maximum Gasteiger partial charge on any atom is 0.262 e. The van der Waals surface area contributed by atoms with Crippen molar-refractivity contribution in [2.45, 2.75) is 20.3 Å². The molecule has 32 heavy (non-hydrogen) atoms. The number of hydrogen-bond acceptors (Lipinski definition) is 4. The van der Waals surface area contributed by atoms with E-state index in [2.05, 4.69) is 33.1 Å². The number of nitrogens with one attached hydrogen (secondary N) is 2. The summed E-state index contributed by atoms with van der Waals surface area (Å²) in [5.41, 5.74) is 3.38. The molecule has 1 fully saturated rings. The summed E-state index contributed by atoms with van der Waals surface area (Å²) in [6, 6.07) is 10.8. The molecule has 168 valence electrons. The molecular formula is C24H26BrN3O4. The first kappa shape index (κ1) is 23.5. The number of amides is 3. The summed E-state index contributed by atoms with van der Waals surface area (Å²) in [6.07, 6.45) is 1.78. The van der Waals surface area contributed by atoms with Gasteiger partial charge in [-0.15, -0.1) is 6.58 Å². The molecule has 3 amide bonds. The van der Waals surface area contributed by atoms with E-state index in [-0.39, 0.29) is 36.7 Å². The lowest BCUT2D eigenvalue weighted by molar-refractivity contribution is -0.126. The summed E-state index contributed by atoms with van der Waals surface area (Å²) < 4.78 is 6.55. The Kier molecular flexibility index (Phi) is 7.69. The van der Waals surface area contributed by atoms with E-state index in [1.807, 2.05) is 26.0 Å². The van der Waals surface area contributed by atoms with Gasteiger partial charge in [-0.3, -0.25) is 14.4 Å². The average molecular weight is 500 g/mol. The van der Waals surface area contributed by atoms with Gasteiger partial charge in [0.25, 0.3) is 5.91 Å². The lowest BCUT2D eigenvalue weighted by atomic mass is 10.1. The molecule has 1 atom stereocenters. The molecule has 0 bridgehead atoms. The summed E-state index contributed by atoms with van der Waals surface area (Å²) in [5.74, 6) is -0.377. The lowest BCUT2D eigenvalue weighted by Gasteiger charge is -2.17. The molecule has 0 unspecified atom stereocenters. The van der Waals surface area contributed by atoms with Crippen molar-refractivity contribution >= 4 is 45.0 Å². The minimum atomic E-state index is -0.382. The quantitative estimate of drug-likeness (QED) is 0.541. The Hall–Kier alpha value is -3.13. The van der Waals surface area contributed by atoms with Crippen LogP contribution in [0.4, 0.5) is 11.4 Å². The fourth-order valence-electron chi connectivity index (χ4n) is 3.60. The summed E-state index contributed by atoms with van der Waals surface area (Å²) in [4.78, 5) is 38.4. The monoisotopic (exact) mass is 499 g/mol. The van der Waals surface area contributed by atoms with Gasteiger partial charge < -0.3 is 20.3 Å². The van der Waals surface area contributed by atoms with Crippen LogP contribution in [0, 0.1) is 19.8 Å². The van der Waals surface area contributed by atoms with Gasteiger partial charge in [0.1, 0.15) is 5.75 Å². The number of hydrogen-bond donors (Lipinski definition) is 2. The van der Waals surface area contributed by atoms with Crippen LogP contribution < -0.4 is 20.3 Å². The molecule has 2 aromatic rings. The molecule has 0 aliphatic carbocycles. The van der Waals surface area contributed by atoms with E-state index in [4.69, 9.17) is 4.74 Å². The Morgan fingerprint density at radius 3 is 2.50 bits per heavy atom. The van der Waals surface area contributed by atoms with Crippen molar-refractivity contribution in [1.29, 1.82) is 0 Å². The second-order valence-corrected chi connectivity index (χ2v) is 8.60. The third kappa shape index (κ3) is 5.76. The average Bonchev–Trinajstić information content (AvgIpc) is 3.15. The molecule has 3 rings (SSSR count). The number of halogens is 1. The maximum atomic E-state index is 12.4. The predicted molar refractivity (Wildman–Crippen MR) is 128 cm³/mol. The summed E-state index contributed by atoms with van der Waals surface area (Å²) >= 11 is 3.44. The highest BCUT2D eigenvalue weighted by molar-refractivity contribution is 9.10. The van der Waals surface area contributed by atoms with Crippen LogP contribution in [-0.4, -0.2) is 37.4 Å². The minimum Gasteiger partial charge on any atom is -0.484 e. The molecule has 0 aromatic heterocycles. The lowest BCUT2D eigenvalue weighted by Crippen LogP contribution is -2.32. The van der Waals surface area contributed by atoms with Gasteiger partial charge in [-0.1, -0.05) is 22.0 Å². The van der Waals surface area contributed by atoms with Gasteiger partial charge in [0.2, 0.25) is 11.8 Å². The van der Waals surface area contributed by atoms with Gasteiger partial charge in [-0.2, -0.15) is 0 Å². The Balaban J connectivity index is 1.55. The van der Waals surface area contributed by atoms with Crippen molar-refractivity contribution in [1.82, 2.24) is 5.32 Å². The summed E-state index contributed by atoms with van der Waals surface area (Å²) in [5, 5.41) is 5.62. The molecule has 0 radical (unpaired) electrons. The van der Waals surface area contributed by atoms with Crippen LogP contribution >= 0.6 is 15.9 Å². The van der Waals surface area contributed by atoms with E-state index < -0.39 is 0 Å². The molecule has 1 aliphatic rings. The third-order valence-electron chi connectivity index (χ3n) is 5.20. The molecule has 1 heterocycles. The van der Waals surface area contributed by atoms with Gasteiger partial charge in [-0.05, 0) is 61.4 Å². The Morgan fingerprint density at radius 1 is 1.22 bits per heavy atom. The van der Waals surface area contributed by atoms with Crippen molar-refractivity contribution in [3.05, 3.63) is 64.7 Å². The zero-order valence-electron chi connectivity index (χ0n) is 18.1. The molecule has 0 saturated carbocycles. The zero-order chi connectivity index (χ0) is 23.3. The molecule has 2 N–H and O–H groups in total. The van der Waals surface area contributed by atoms with E-state index in [9.17, 15) is 14.4 Å². The molecule has 7 nitrogen and oxygen atoms in total. The minimum absolute atomic E-state index is 0.1000. The third-order valence-corrected chi connectivity index (χ3v) is 5.65. The molecule has 1 saturated heterocycles. The van der Waals surface area contributed by atoms with E-state index in [1.165, 1.54) is 0 Å². The molecular weight excluding hydrogens is 474 g/mol. The Bertz CT molecular complexity index is 1010. The van der Waals surface area contributed by atoms with Crippen molar-refractivity contribution in [2.75, 3.05) is 29.9 Å². The highest BCUT2D eigenvalue weighted by atomic mass is 79.9. The number of benzene rings is 2. The van der Waals surface area contributed by atoms with Gasteiger partial charge in [0.05, 0.1) is 5.92 Å². The van der Waals surface area contributed by atoms with Crippen LogP contribution in [-0.2, 0) is 14.4 Å². The van der Waals surface area contributed by atoms with E-state index in [1.54, 1.807) is 35.2 Å². The van der Waals surface area contributed by atoms with Crippen molar-refractivity contribution < 1.29 is 19.1 Å². The van der Waals surface area contributed by atoms with Gasteiger partial charge in [-0.25, -0.2) is 0 Å². The van der Waals surface area contributed by atoms with Crippen LogP contribution in [0.5, 0.6) is 5.75 Å². The van der Waals surface area contributed by atoms with Gasteiger partial charge >= 0.3 is 0 Å². The first-order valence-corrected chi connectivity index (χ1v) is 11.1. The molecule has 1 aliphatic heterocycles. The number of carbonyl (C=O) groups is 3. The van der Waals surface area contributed by atoms with Crippen LogP contribution in [0.1, 0.15) is 17.5 Å². The SMILES string of the molecule is C=CCNC(=O)[C@H]1CC(=O)N(c2ccc(OCC(=O)Nc3c(C)cc(Br)cc3C)cc2)C1. The standard InChI is InChI=1S/C24H26BrN3O4/c1-4-9-26-24(31)17-12-22(30)28(13-17)19-5-7-20(8-6-19)32-14-21(29)27-23-15(2)10-18(25)11-16(23)3/h4-8,10-11,17H,1,9,12-14H2,2-3H3,(H,26,31)(H,27,29)/t17-/m0/s1. The fraction of sp³-hybridized carbons (Fsp3) is 0.292. The number of aryl methyl sites for hydroxylation is 2. The normalized spacial score (nSPS) is 15.4. The second kappa shape index (κ2) is 10.5. The van der Waals surface area contributed by atoms with Gasteiger partial charge in [0, 0.05) is 35.4 Å². The van der Waals surface area contributed by atoms with E-state index in [0.717, 1.165) is 21.3 Å². The maximum absolute atomic E-state index is 12.4. The van der Waals surface area contributed by atoms with Crippen LogP contribution in [0.25, 0.3) is 0 Å². The number of carbonyl (C=O) groups excluding carboxylic acids is 3. The largest absolute Gasteiger partial charge is 0.484 e. The van der Waals surface area contributed by atoms with Crippen LogP contribution in [0.15, 0.2) is 53.5 Å². The smallest absolute Gasteiger partial charge is 0.262 e. The number of ether oxygens (including phenoxy) is 1. The van der Waals surface area contributed by atoms with Crippen molar-refractivity contribution in [2.24, 2.45) is 5.92 Å². The number of rotatable bonds is 8. The predicted octanol–water partition coefficient (Wildman–Crippen LogP) is 3.74. The molecule has 0 spiro atoms. The second-order valence-electron chi connectivity index (χ2n) is 7.68. The number of nitrogens with zero attached hydrogens (tertiary/aromatic N) is 1. The molecule has 8 heteroatoms. The van der Waals surface area contributed by atoms with Crippen LogP contribution in [0.2, 0.25) is 0 Å². The van der Waals surface area contributed by atoms with E-state index in [0.29, 0.717) is 24.5 Å². The highest BCUT2D eigenvalue weighted by Crippen LogP contribution is 2.27. The van der Waals surface area contributed by atoms with Crippen LogP contribution in [0.3, 0.4) is 0 Å². The highest BCUT2D eigenvalue weighted by Gasteiger charge is 2.34. The van der Waals surface area contributed by atoms with Gasteiger partial charge in [0.15, 0.2) is 6.61 Å². The van der Waals surface area contributed by atoms with Crippen molar-refractivity contribution in [3.8, 4) is 5.75 Å². The topological polar surface area (TPSA) is 87.7 Å². The Labute approximate surface area is 195 Å². The van der Waals surface area contributed by atoms with Crippen molar-refractivity contribution in [3.63, 3.8) is 0 Å². The molecule has 2 aromatic carbocycles. The first-order chi connectivity index (χ1) is 15.3. The van der Waals surface area contributed by atoms with E-state index >= 15 is 0 Å².